The SMILES string of the molecule is COc1cccc2c1CCC2NC(C)c1cccc(NC(C)=O)c1. The standard InChI is InChI=1S/C20H24N2O2/c1-13(15-6-4-7-16(12-15)22-14(2)23)21-19-11-10-18-17(19)8-5-9-20(18)24-3/h4-9,12-13,19,21H,10-11H2,1-3H3,(H,22,23). The highest BCUT2D eigenvalue weighted by Crippen LogP contribution is 2.38. The van der Waals surface area contributed by atoms with Crippen LogP contribution in [0, 0.1) is 0 Å². The van der Waals surface area contributed by atoms with E-state index in [2.05, 4.69) is 35.8 Å². The first-order chi connectivity index (χ1) is 11.6. The Morgan fingerprint density at radius 3 is 2.79 bits per heavy atom. The lowest BCUT2D eigenvalue weighted by atomic mass is 10.0. The van der Waals surface area contributed by atoms with Crippen molar-refractivity contribution in [2.24, 2.45) is 0 Å². The highest BCUT2D eigenvalue weighted by molar-refractivity contribution is 5.88. The maximum atomic E-state index is 11.2. The number of anilines is 1. The van der Waals surface area contributed by atoms with E-state index in [0.29, 0.717) is 6.04 Å². The van der Waals surface area contributed by atoms with E-state index in [1.165, 1.54) is 18.1 Å². The van der Waals surface area contributed by atoms with Gasteiger partial charge in [0.1, 0.15) is 5.75 Å². The summed E-state index contributed by atoms with van der Waals surface area (Å²) in [4.78, 5) is 11.2. The van der Waals surface area contributed by atoms with Crippen LogP contribution in [0.15, 0.2) is 42.5 Å². The van der Waals surface area contributed by atoms with Crippen molar-refractivity contribution in [3.8, 4) is 5.75 Å². The molecule has 0 radical (unpaired) electrons. The van der Waals surface area contributed by atoms with Crippen LogP contribution < -0.4 is 15.4 Å². The number of carbonyl (C=O) groups is 1. The van der Waals surface area contributed by atoms with Crippen molar-refractivity contribution in [2.75, 3.05) is 12.4 Å². The largest absolute Gasteiger partial charge is 0.496 e. The lowest BCUT2D eigenvalue weighted by molar-refractivity contribution is -0.114. The summed E-state index contributed by atoms with van der Waals surface area (Å²) in [6, 6.07) is 14.8. The molecule has 1 amide bonds. The van der Waals surface area contributed by atoms with Gasteiger partial charge in [-0.2, -0.15) is 0 Å². The fourth-order valence-corrected chi connectivity index (χ4v) is 3.47. The molecule has 2 aromatic carbocycles. The van der Waals surface area contributed by atoms with Gasteiger partial charge in [-0.15, -0.1) is 0 Å². The monoisotopic (exact) mass is 324 g/mol. The minimum Gasteiger partial charge on any atom is -0.496 e. The van der Waals surface area contributed by atoms with E-state index in [-0.39, 0.29) is 11.9 Å². The highest BCUT2D eigenvalue weighted by Gasteiger charge is 2.26. The molecule has 126 valence electrons. The van der Waals surface area contributed by atoms with E-state index in [9.17, 15) is 4.79 Å². The molecule has 0 fully saturated rings. The van der Waals surface area contributed by atoms with Crippen molar-refractivity contribution in [3.05, 3.63) is 59.2 Å². The summed E-state index contributed by atoms with van der Waals surface area (Å²) >= 11 is 0. The highest BCUT2D eigenvalue weighted by atomic mass is 16.5. The molecular formula is C20H24N2O2. The molecule has 24 heavy (non-hydrogen) atoms. The minimum absolute atomic E-state index is 0.0513. The normalized spacial score (nSPS) is 17.2. The van der Waals surface area contributed by atoms with Crippen LogP contribution in [0.4, 0.5) is 5.69 Å². The number of methoxy groups -OCH3 is 1. The Morgan fingerprint density at radius 1 is 1.25 bits per heavy atom. The van der Waals surface area contributed by atoms with Crippen molar-refractivity contribution in [2.45, 2.75) is 38.8 Å². The third kappa shape index (κ3) is 3.44. The first-order valence-corrected chi connectivity index (χ1v) is 8.38. The molecule has 1 aliphatic carbocycles. The van der Waals surface area contributed by atoms with E-state index in [0.717, 1.165) is 29.8 Å². The van der Waals surface area contributed by atoms with Crippen LogP contribution in [0.1, 0.15) is 49.0 Å². The molecule has 0 aliphatic heterocycles. The topological polar surface area (TPSA) is 50.4 Å². The van der Waals surface area contributed by atoms with Gasteiger partial charge in [0.2, 0.25) is 5.91 Å². The van der Waals surface area contributed by atoms with Crippen LogP contribution in [0.5, 0.6) is 5.75 Å². The van der Waals surface area contributed by atoms with Gasteiger partial charge >= 0.3 is 0 Å². The first-order valence-electron chi connectivity index (χ1n) is 8.38. The molecule has 2 atom stereocenters. The van der Waals surface area contributed by atoms with E-state index in [1.54, 1.807) is 7.11 Å². The Kier molecular flexibility index (Phi) is 4.86. The van der Waals surface area contributed by atoms with Gasteiger partial charge in [-0.3, -0.25) is 4.79 Å². The van der Waals surface area contributed by atoms with Gasteiger partial charge in [-0.25, -0.2) is 0 Å². The van der Waals surface area contributed by atoms with Crippen molar-refractivity contribution in [3.63, 3.8) is 0 Å². The molecule has 0 bridgehead atoms. The lowest BCUT2D eigenvalue weighted by Crippen LogP contribution is -2.23. The zero-order valence-electron chi connectivity index (χ0n) is 14.4. The van der Waals surface area contributed by atoms with E-state index < -0.39 is 0 Å². The van der Waals surface area contributed by atoms with E-state index in [1.807, 2.05) is 24.3 Å². The quantitative estimate of drug-likeness (QED) is 0.874. The second kappa shape index (κ2) is 7.05. The number of ether oxygens (including phenoxy) is 1. The van der Waals surface area contributed by atoms with Gasteiger partial charge in [-0.1, -0.05) is 24.3 Å². The number of hydrogen-bond acceptors (Lipinski definition) is 3. The number of rotatable bonds is 5. The number of fused-ring (bicyclic) bond motifs is 1. The summed E-state index contributed by atoms with van der Waals surface area (Å²) in [6.45, 7) is 3.68. The summed E-state index contributed by atoms with van der Waals surface area (Å²) in [5.41, 5.74) is 4.65. The smallest absolute Gasteiger partial charge is 0.221 e. The zero-order chi connectivity index (χ0) is 17.1. The van der Waals surface area contributed by atoms with Crippen molar-refractivity contribution in [1.29, 1.82) is 0 Å². The van der Waals surface area contributed by atoms with Gasteiger partial charge in [0.25, 0.3) is 0 Å². The van der Waals surface area contributed by atoms with Gasteiger partial charge < -0.3 is 15.4 Å². The number of carbonyl (C=O) groups excluding carboxylic acids is 1. The summed E-state index contributed by atoms with van der Waals surface area (Å²) in [5.74, 6) is 0.932. The van der Waals surface area contributed by atoms with Crippen LogP contribution >= 0.6 is 0 Å². The third-order valence-corrected chi connectivity index (χ3v) is 4.61. The van der Waals surface area contributed by atoms with Gasteiger partial charge in [0.05, 0.1) is 7.11 Å². The van der Waals surface area contributed by atoms with Crippen molar-refractivity contribution in [1.82, 2.24) is 5.32 Å². The summed E-state index contributed by atoms with van der Waals surface area (Å²) < 4.78 is 5.48. The van der Waals surface area contributed by atoms with Crippen LogP contribution in [0.3, 0.4) is 0 Å². The Balaban J connectivity index is 1.75. The molecule has 2 aromatic rings. The zero-order valence-corrected chi connectivity index (χ0v) is 14.4. The minimum atomic E-state index is -0.0513. The van der Waals surface area contributed by atoms with Gasteiger partial charge in [-0.05, 0) is 54.7 Å². The van der Waals surface area contributed by atoms with E-state index in [4.69, 9.17) is 4.74 Å². The average molecular weight is 324 g/mol. The first kappa shape index (κ1) is 16.5. The summed E-state index contributed by atoms with van der Waals surface area (Å²) in [5, 5.41) is 6.56. The summed E-state index contributed by atoms with van der Waals surface area (Å²) in [7, 11) is 1.73. The van der Waals surface area contributed by atoms with Crippen molar-refractivity contribution >= 4 is 11.6 Å². The number of nitrogens with one attached hydrogen (secondary N) is 2. The molecule has 4 heteroatoms. The molecule has 0 saturated heterocycles. The molecule has 3 rings (SSSR count). The van der Waals surface area contributed by atoms with E-state index >= 15 is 0 Å². The van der Waals surface area contributed by atoms with Crippen LogP contribution in [-0.2, 0) is 11.2 Å². The molecule has 0 saturated carbocycles. The van der Waals surface area contributed by atoms with Crippen LogP contribution in [0.25, 0.3) is 0 Å². The lowest BCUT2D eigenvalue weighted by Gasteiger charge is -2.21. The number of hydrogen-bond donors (Lipinski definition) is 2. The fraction of sp³-hybridized carbons (Fsp3) is 0.350. The predicted molar refractivity (Wildman–Crippen MR) is 96.4 cm³/mol. The Morgan fingerprint density at radius 2 is 2.04 bits per heavy atom. The molecule has 2 N–H and O–H groups in total. The second-order valence-corrected chi connectivity index (χ2v) is 6.31. The predicted octanol–water partition coefficient (Wildman–Crippen LogP) is 3.99. The average Bonchev–Trinajstić information content (AvgIpc) is 2.97. The number of amides is 1. The Bertz CT molecular complexity index is 742. The molecule has 0 aromatic heterocycles. The van der Waals surface area contributed by atoms with Crippen LogP contribution in [0.2, 0.25) is 0 Å². The molecular weight excluding hydrogens is 300 g/mol. The second-order valence-electron chi connectivity index (χ2n) is 6.31. The molecule has 4 nitrogen and oxygen atoms in total. The molecule has 2 unspecified atom stereocenters. The Hall–Kier alpha value is -2.33. The van der Waals surface area contributed by atoms with Crippen molar-refractivity contribution < 1.29 is 9.53 Å². The maximum Gasteiger partial charge on any atom is 0.221 e. The molecule has 0 spiro atoms. The van der Waals surface area contributed by atoms with Crippen LogP contribution in [-0.4, -0.2) is 13.0 Å². The maximum absolute atomic E-state index is 11.2. The third-order valence-electron chi connectivity index (χ3n) is 4.61. The van der Waals surface area contributed by atoms with Gasteiger partial charge in [0.15, 0.2) is 0 Å². The molecule has 0 heterocycles. The Labute approximate surface area is 143 Å². The number of benzene rings is 2. The van der Waals surface area contributed by atoms with Gasteiger partial charge in [0, 0.05) is 24.7 Å². The molecule has 1 aliphatic rings. The fourth-order valence-electron chi connectivity index (χ4n) is 3.47. The summed E-state index contributed by atoms with van der Waals surface area (Å²) in [6.07, 6.45) is 2.11.